The van der Waals surface area contributed by atoms with Crippen molar-refractivity contribution in [2.75, 3.05) is 0 Å². The van der Waals surface area contributed by atoms with Crippen molar-refractivity contribution in [2.45, 2.75) is 33.6 Å². The molecule has 23 heavy (non-hydrogen) atoms. The van der Waals surface area contributed by atoms with E-state index < -0.39 is 0 Å². The van der Waals surface area contributed by atoms with Gasteiger partial charge in [0.05, 0.1) is 5.57 Å². The van der Waals surface area contributed by atoms with Crippen LogP contribution < -0.4 is 0 Å². The number of fused-ring (bicyclic) bond motifs is 1. The van der Waals surface area contributed by atoms with Gasteiger partial charge in [0.2, 0.25) is 0 Å². The first-order chi connectivity index (χ1) is 11.0. The molecule has 3 rings (SSSR count). The van der Waals surface area contributed by atoms with E-state index in [1.54, 1.807) is 6.08 Å². The number of carbonyl (C=O) groups excluding carboxylic acids is 1. The van der Waals surface area contributed by atoms with Gasteiger partial charge in [0.1, 0.15) is 0 Å². The largest absolute Gasteiger partial charge is 0.347 e. The molecule has 0 fully saturated rings. The molecule has 0 atom stereocenters. The van der Waals surface area contributed by atoms with Crippen molar-refractivity contribution in [2.24, 2.45) is 0 Å². The van der Waals surface area contributed by atoms with Crippen LogP contribution >= 0.6 is 0 Å². The van der Waals surface area contributed by atoms with Crippen LogP contribution in [0.5, 0.6) is 0 Å². The molecule has 0 bridgehead atoms. The molecular formula is C22H23O+. The summed E-state index contributed by atoms with van der Waals surface area (Å²) in [5, 5.41) is 0. The van der Waals surface area contributed by atoms with Gasteiger partial charge in [0, 0.05) is 6.08 Å². The Morgan fingerprint density at radius 3 is 2.39 bits per heavy atom. The van der Waals surface area contributed by atoms with Crippen molar-refractivity contribution in [1.29, 1.82) is 0 Å². The Bertz CT molecular complexity index is 831. The minimum atomic E-state index is 0.320. The molecule has 0 spiro atoms. The second-order valence-electron chi connectivity index (χ2n) is 6.59. The van der Waals surface area contributed by atoms with Crippen LogP contribution in [0.3, 0.4) is 0 Å². The zero-order chi connectivity index (χ0) is 16.6. The van der Waals surface area contributed by atoms with Crippen molar-refractivity contribution >= 4 is 11.9 Å². The zero-order valence-electron chi connectivity index (χ0n) is 14.2. The molecule has 0 saturated heterocycles. The Hall–Kier alpha value is -2.41. The molecule has 3 aliphatic rings. The normalized spacial score (nSPS) is 16.0. The second-order valence-corrected chi connectivity index (χ2v) is 6.59. The van der Waals surface area contributed by atoms with Gasteiger partial charge in [-0.3, -0.25) is 4.79 Å². The summed E-state index contributed by atoms with van der Waals surface area (Å²) in [6, 6.07) is 8.96. The van der Waals surface area contributed by atoms with E-state index in [4.69, 9.17) is 0 Å². The Balaban J connectivity index is 2.19. The summed E-state index contributed by atoms with van der Waals surface area (Å²) in [5.74, 6) is 0.824. The molecule has 0 radical (unpaired) electrons. The quantitative estimate of drug-likeness (QED) is 0.510. The van der Waals surface area contributed by atoms with Gasteiger partial charge in [-0.25, -0.2) is 0 Å². The Morgan fingerprint density at radius 1 is 0.957 bits per heavy atom. The standard InChI is InChI=1S/C22H22O/c1-14(2)17-10-9-15(3)22-19(11-16(4)20(22)13-17)12-18-7-5-6-8-21(18)23/h5-14H,1-4H3/p+1. The minimum absolute atomic E-state index is 0.320. The van der Waals surface area contributed by atoms with Gasteiger partial charge in [-0.05, 0) is 65.3 Å². The summed E-state index contributed by atoms with van der Waals surface area (Å²) < 4.78 is 0. The van der Waals surface area contributed by atoms with Crippen LogP contribution in [0.1, 0.15) is 42.0 Å². The maximum atomic E-state index is 10.1. The summed E-state index contributed by atoms with van der Waals surface area (Å²) in [5.41, 5.74) is 8.50. The first kappa shape index (κ1) is 15.5. The van der Waals surface area contributed by atoms with Gasteiger partial charge >= 0.3 is 5.78 Å². The van der Waals surface area contributed by atoms with E-state index in [0.717, 1.165) is 5.57 Å². The summed E-state index contributed by atoms with van der Waals surface area (Å²) in [6.07, 6.45) is 9.55. The first-order valence-electron chi connectivity index (χ1n) is 8.14. The molecule has 3 aliphatic carbocycles. The van der Waals surface area contributed by atoms with Crippen LogP contribution in [0.4, 0.5) is 0 Å². The van der Waals surface area contributed by atoms with Gasteiger partial charge in [0.25, 0.3) is 0 Å². The average molecular weight is 303 g/mol. The molecule has 0 aromatic heterocycles. The Labute approximate surface area is 138 Å². The number of hydrogen-bond acceptors (Lipinski definition) is 0. The predicted molar refractivity (Wildman–Crippen MR) is 99.8 cm³/mol. The summed E-state index contributed by atoms with van der Waals surface area (Å²) in [4.78, 5) is 10.1. The van der Waals surface area contributed by atoms with Gasteiger partial charge in [-0.15, -0.1) is 0 Å². The SMILES string of the molecule is Cc1cc(C=C2C=CC=CC2=[OH+])c2c(C)ccc(C(C)C)cc1-2. The number of rotatable bonds is 2. The lowest BCUT2D eigenvalue weighted by molar-refractivity contribution is 0.681. The van der Waals surface area contributed by atoms with E-state index in [0.29, 0.717) is 11.7 Å². The summed E-state index contributed by atoms with van der Waals surface area (Å²) in [7, 11) is 0. The fourth-order valence-electron chi connectivity index (χ4n) is 3.13. The lowest BCUT2D eigenvalue weighted by Gasteiger charge is -2.05. The first-order valence-corrected chi connectivity index (χ1v) is 8.14. The molecule has 116 valence electrons. The predicted octanol–water partition coefficient (Wildman–Crippen LogP) is 5.59. The highest BCUT2D eigenvalue weighted by molar-refractivity contribution is 6.11. The van der Waals surface area contributed by atoms with Crippen LogP contribution in [-0.2, 0) is 0 Å². The molecular weight excluding hydrogens is 280 g/mol. The second kappa shape index (κ2) is 6.00. The van der Waals surface area contributed by atoms with E-state index in [9.17, 15) is 4.79 Å². The molecule has 0 saturated carbocycles. The van der Waals surface area contributed by atoms with E-state index >= 15 is 0 Å². The molecule has 0 aromatic carbocycles. The lowest BCUT2D eigenvalue weighted by atomic mass is 9.98. The third-order valence-corrected chi connectivity index (χ3v) is 4.50. The molecule has 1 heteroatoms. The van der Waals surface area contributed by atoms with E-state index in [2.05, 4.69) is 58.0 Å². The molecule has 1 N–H and O–H groups in total. The van der Waals surface area contributed by atoms with E-state index in [-0.39, 0.29) is 0 Å². The van der Waals surface area contributed by atoms with Gasteiger partial charge in [0.15, 0.2) is 0 Å². The monoisotopic (exact) mass is 303 g/mol. The summed E-state index contributed by atoms with van der Waals surface area (Å²) in [6.45, 7) is 8.77. The van der Waals surface area contributed by atoms with Crippen LogP contribution in [0.15, 0.2) is 54.1 Å². The zero-order valence-corrected chi connectivity index (χ0v) is 14.2. The number of aryl methyl sites for hydroxylation is 2. The van der Waals surface area contributed by atoms with Crippen molar-refractivity contribution in [1.82, 2.24) is 0 Å². The van der Waals surface area contributed by atoms with Crippen LogP contribution in [0.2, 0.25) is 0 Å². The summed E-state index contributed by atoms with van der Waals surface area (Å²) >= 11 is 0. The highest BCUT2D eigenvalue weighted by Gasteiger charge is 2.18. The molecule has 0 unspecified atom stereocenters. The van der Waals surface area contributed by atoms with Gasteiger partial charge < -0.3 is 0 Å². The molecule has 0 aromatic rings. The number of allylic oxidation sites excluding steroid dienone is 5. The molecule has 0 aliphatic heterocycles. The lowest BCUT2D eigenvalue weighted by Crippen LogP contribution is -1.98. The topological polar surface area (TPSA) is 21.4 Å². The van der Waals surface area contributed by atoms with Crippen LogP contribution in [-0.4, -0.2) is 10.6 Å². The Morgan fingerprint density at radius 2 is 1.70 bits per heavy atom. The molecule has 0 amide bonds. The van der Waals surface area contributed by atoms with Gasteiger partial charge in [-0.1, -0.05) is 50.3 Å². The highest BCUT2D eigenvalue weighted by Crippen LogP contribution is 2.37. The van der Waals surface area contributed by atoms with Crippen molar-refractivity contribution in [3.05, 3.63) is 76.4 Å². The van der Waals surface area contributed by atoms with Crippen molar-refractivity contribution in [3.8, 4) is 11.1 Å². The molecule has 0 heterocycles. The van der Waals surface area contributed by atoms with Crippen LogP contribution in [0.25, 0.3) is 17.2 Å². The fourth-order valence-corrected chi connectivity index (χ4v) is 3.13. The smallest absolute Gasteiger partial charge is 0.273 e. The van der Waals surface area contributed by atoms with Crippen molar-refractivity contribution in [3.63, 3.8) is 0 Å². The number of ketones is 1. The highest BCUT2D eigenvalue weighted by atomic mass is 16.1. The fraction of sp³-hybridized carbons (Fsp3) is 0.227. The average Bonchev–Trinajstić information content (AvgIpc) is 2.69. The number of hydrogen-bond donors (Lipinski definition) is 0. The molecule has 1 nitrogen and oxygen atoms in total. The Kier molecular flexibility index (Phi) is 4.04. The minimum Gasteiger partial charge on any atom is -0.273 e. The maximum absolute atomic E-state index is 10.1. The van der Waals surface area contributed by atoms with Crippen LogP contribution in [0, 0.1) is 13.8 Å². The maximum Gasteiger partial charge on any atom is 0.347 e. The van der Waals surface area contributed by atoms with Crippen molar-refractivity contribution < 1.29 is 4.79 Å². The van der Waals surface area contributed by atoms with E-state index in [1.807, 2.05) is 18.2 Å². The van der Waals surface area contributed by atoms with Gasteiger partial charge in [-0.2, -0.15) is 0 Å². The van der Waals surface area contributed by atoms with E-state index in [1.165, 1.54) is 33.4 Å². The third kappa shape index (κ3) is 2.92. The third-order valence-electron chi connectivity index (χ3n) is 4.50.